The number of carbonyl (C=O) groups excluding carboxylic acids is 5. The third-order valence-corrected chi connectivity index (χ3v) is 4.79. The molecule has 5 amide bonds. The van der Waals surface area contributed by atoms with Crippen molar-refractivity contribution in [2.45, 2.75) is 32.6 Å². The summed E-state index contributed by atoms with van der Waals surface area (Å²) in [5, 5.41) is 17.3. The molecule has 0 radical (unpaired) electrons. The lowest BCUT2D eigenvalue weighted by molar-refractivity contribution is -0.132. The normalized spacial score (nSPS) is 14.5. The predicted octanol–water partition coefficient (Wildman–Crippen LogP) is -2.43. The van der Waals surface area contributed by atoms with Crippen LogP contribution in [0.2, 0.25) is 0 Å². The van der Waals surface area contributed by atoms with Gasteiger partial charge in [-0.15, -0.1) is 0 Å². The van der Waals surface area contributed by atoms with E-state index in [9.17, 15) is 29.1 Å². The summed E-state index contributed by atoms with van der Waals surface area (Å²) in [5.41, 5.74) is 1.33. The molecule has 0 fully saturated rings. The van der Waals surface area contributed by atoms with Gasteiger partial charge in [0.2, 0.25) is 23.6 Å². The van der Waals surface area contributed by atoms with Gasteiger partial charge >= 0.3 is 6.09 Å². The largest absolute Gasteiger partial charge is 0.442 e. The molecule has 1 aliphatic heterocycles. The maximum Gasteiger partial charge on any atom is 0.431 e. The van der Waals surface area contributed by atoms with Gasteiger partial charge in [-0.2, -0.15) is 5.48 Å². The Balaban J connectivity index is 1.83. The average molecular weight is 606 g/mol. The van der Waals surface area contributed by atoms with Gasteiger partial charge in [0.05, 0.1) is 39.6 Å². The smallest absolute Gasteiger partial charge is 0.431 e. The Bertz CT molecular complexity index is 880. The highest BCUT2D eigenvalue weighted by Crippen LogP contribution is 2.07. The highest BCUT2D eigenvalue weighted by molar-refractivity contribution is 5.90. The summed E-state index contributed by atoms with van der Waals surface area (Å²) < 4.78 is 25.9. The maximum atomic E-state index is 11.7. The number of carbonyl (C=O) groups is 5. The molecule has 0 spiro atoms. The van der Waals surface area contributed by atoms with Crippen LogP contribution in [0.25, 0.3) is 0 Å². The van der Waals surface area contributed by atoms with Gasteiger partial charge in [0.1, 0.15) is 25.0 Å². The Morgan fingerprint density at radius 3 is 1.79 bits per heavy atom. The van der Waals surface area contributed by atoms with E-state index in [4.69, 9.17) is 28.5 Å². The van der Waals surface area contributed by atoms with Crippen molar-refractivity contribution in [2.24, 2.45) is 0 Å². The summed E-state index contributed by atoms with van der Waals surface area (Å²) >= 11 is 0. The van der Waals surface area contributed by atoms with E-state index in [0.29, 0.717) is 0 Å². The quantitative estimate of drug-likeness (QED) is 0.0644. The number of aliphatic hydroxyl groups is 1. The van der Waals surface area contributed by atoms with Gasteiger partial charge in [0.15, 0.2) is 6.61 Å². The third-order valence-electron chi connectivity index (χ3n) is 4.79. The zero-order chi connectivity index (χ0) is 31.2. The molecular formula is C25H43N5O12. The number of nitrogens with zero attached hydrogens (tertiary/aromatic N) is 1. The second-order valence-corrected chi connectivity index (χ2v) is 9.58. The highest BCUT2D eigenvalue weighted by atomic mass is 16.7. The number of nitrogens with one attached hydrogen (secondary N) is 4. The number of rotatable bonds is 22. The fraction of sp³-hybridized carbons (Fsp3) is 0.720. The number of ether oxygens (including phenoxy) is 5. The van der Waals surface area contributed by atoms with E-state index in [0.717, 1.165) is 0 Å². The molecule has 240 valence electrons. The van der Waals surface area contributed by atoms with E-state index in [1.807, 2.05) is 5.48 Å². The van der Waals surface area contributed by atoms with Crippen molar-refractivity contribution in [3.8, 4) is 0 Å². The van der Waals surface area contributed by atoms with E-state index in [-0.39, 0.29) is 103 Å². The lowest BCUT2D eigenvalue weighted by atomic mass is 10.2. The Morgan fingerprint density at radius 2 is 1.29 bits per heavy atom. The number of hydrogen-bond acceptors (Lipinski definition) is 12. The minimum atomic E-state index is -0.967. The molecule has 5 N–H and O–H groups in total. The summed E-state index contributed by atoms with van der Waals surface area (Å²) in [6.07, 6.45) is 0.883. The summed E-state index contributed by atoms with van der Waals surface area (Å²) in [4.78, 5) is 63.8. The standard InChI is InChI=1S/C25H43N5O12/c1-25(2,3)42-24(36)29-41-18-21(33)28-8-11-38-13-15-40-17-20(32)27-7-10-37-12-14-39-16-19(31)26-6-9-30-22(34)4-5-23(30)35/h4-5,22,34H,6-18H2,1-3H3,(H,26,31)(H,27,32)(H,28,33)(H,29,36). The zero-order valence-electron chi connectivity index (χ0n) is 24.3. The summed E-state index contributed by atoms with van der Waals surface area (Å²) in [5.74, 6) is -1.44. The average Bonchev–Trinajstić information content (AvgIpc) is 3.22. The molecule has 1 aliphatic rings. The molecule has 0 aromatic heterocycles. The number of aliphatic hydroxyl groups excluding tert-OH is 1. The second-order valence-electron chi connectivity index (χ2n) is 9.58. The third kappa shape index (κ3) is 19.7. The van der Waals surface area contributed by atoms with Gasteiger partial charge in [0, 0.05) is 32.3 Å². The Kier molecular flexibility index (Phi) is 18.7. The number of amides is 5. The molecule has 0 aromatic carbocycles. The fourth-order valence-corrected chi connectivity index (χ4v) is 2.96. The molecular weight excluding hydrogens is 562 g/mol. The lowest BCUT2D eigenvalue weighted by Gasteiger charge is -2.20. The van der Waals surface area contributed by atoms with Crippen LogP contribution in [0, 0.1) is 0 Å². The van der Waals surface area contributed by atoms with Crippen LogP contribution in [0.4, 0.5) is 4.79 Å². The maximum absolute atomic E-state index is 11.7. The van der Waals surface area contributed by atoms with Crippen molar-refractivity contribution in [3.05, 3.63) is 12.2 Å². The van der Waals surface area contributed by atoms with Crippen molar-refractivity contribution in [1.82, 2.24) is 26.3 Å². The van der Waals surface area contributed by atoms with Crippen LogP contribution < -0.4 is 21.4 Å². The predicted molar refractivity (Wildman–Crippen MR) is 144 cm³/mol. The van der Waals surface area contributed by atoms with E-state index in [2.05, 4.69) is 16.0 Å². The van der Waals surface area contributed by atoms with Gasteiger partial charge in [0.25, 0.3) is 0 Å². The minimum Gasteiger partial charge on any atom is -0.442 e. The van der Waals surface area contributed by atoms with Crippen LogP contribution in [0.5, 0.6) is 0 Å². The van der Waals surface area contributed by atoms with E-state index < -0.39 is 23.8 Å². The summed E-state index contributed by atoms with van der Waals surface area (Å²) in [6, 6.07) is 0. The van der Waals surface area contributed by atoms with Gasteiger partial charge in [-0.3, -0.25) is 24.0 Å². The van der Waals surface area contributed by atoms with Crippen molar-refractivity contribution in [3.63, 3.8) is 0 Å². The van der Waals surface area contributed by atoms with Crippen molar-refractivity contribution in [2.75, 3.05) is 85.6 Å². The molecule has 1 heterocycles. The van der Waals surface area contributed by atoms with Crippen molar-refractivity contribution < 1.29 is 57.6 Å². The van der Waals surface area contributed by atoms with Crippen LogP contribution in [0.15, 0.2) is 12.2 Å². The minimum absolute atomic E-state index is 0.151. The number of hydrogen-bond donors (Lipinski definition) is 5. The van der Waals surface area contributed by atoms with Crippen LogP contribution >= 0.6 is 0 Å². The Labute approximate surface area is 244 Å². The molecule has 1 atom stereocenters. The molecule has 1 rings (SSSR count). The van der Waals surface area contributed by atoms with Crippen molar-refractivity contribution >= 4 is 29.7 Å². The van der Waals surface area contributed by atoms with Gasteiger partial charge in [-0.25, -0.2) is 4.79 Å². The van der Waals surface area contributed by atoms with Crippen LogP contribution in [-0.2, 0) is 47.7 Å². The monoisotopic (exact) mass is 605 g/mol. The van der Waals surface area contributed by atoms with E-state index in [1.165, 1.54) is 17.1 Å². The molecule has 0 saturated heterocycles. The zero-order valence-corrected chi connectivity index (χ0v) is 24.3. The van der Waals surface area contributed by atoms with E-state index >= 15 is 0 Å². The first-order valence-corrected chi connectivity index (χ1v) is 13.4. The molecule has 0 bridgehead atoms. The molecule has 0 aliphatic carbocycles. The Morgan fingerprint density at radius 1 is 0.786 bits per heavy atom. The van der Waals surface area contributed by atoms with Gasteiger partial charge < -0.3 is 49.6 Å². The van der Waals surface area contributed by atoms with Crippen LogP contribution in [0.3, 0.4) is 0 Å². The van der Waals surface area contributed by atoms with Crippen LogP contribution in [-0.4, -0.2) is 137 Å². The first-order chi connectivity index (χ1) is 20.0. The first-order valence-electron chi connectivity index (χ1n) is 13.4. The molecule has 1 unspecified atom stereocenters. The molecule has 17 heteroatoms. The fourth-order valence-electron chi connectivity index (χ4n) is 2.96. The highest BCUT2D eigenvalue weighted by Gasteiger charge is 2.23. The van der Waals surface area contributed by atoms with Crippen molar-refractivity contribution in [1.29, 1.82) is 0 Å². The summed E-state index contributed by atoms with van der Waals surface area (Å²) in [6.45, 7) is 6.53. The SMILES string of the molecule is CC(C)(C)OC(=O)NOCC(=O)NCCOCCOCC(=O)NCCOCCOCC(=O)NCCN1C(=O)C=CC1O. The first kappa shape index (κ1) is 36.7. The van der Waals surface area contributed by atoms with Crippen LogP contribution in [0.1, 0.15) is 20.8 Å². The Hall–Kier alpha value is -3.35. The van der Waals surface area contributed by atoms with Gasteiger partial charge in [-0.1, -0.05) is 0 Å². The number of hydroxylamine groups is 1. The topological polar surface area (TPSA) is 212 Å². The molecule has 17 nitrogen and oxygen atoms in total. The lowest BCUT2D eigenvalue weighted by Crippen LogP contribution is -2.41. The molecule has 0 saturated carbocycles. The van der Waals surface area contributed by atoms with E-state index in [1.54, 1.807) is 20.8 Å². The molecule has 0 aromatic rings. The summed E-state index contributed by atoms with van der Waals surface area (Å²) in [7, 11) is 0. The second kappa shape index (κ2) is 21.4. The van der Waals surface area contributed by atoms with Gasteiger partial charge in [-0.05, 0) is 26.8 Å². The molecule has 42 heavy (non-hydrogen) atoms.